The van der Waals surface area contributed by atoms with Gasteiger partial charge in [0.05, 0.1) is 29.4 Å². The lowest BCUT2D eigenvalue weighted by molar-refractivity contribution is 0.230. The Labute approximate surface area is 168 Å². The Kier molecular flexibility index (Phi) is 4.54. The number of hydrogen-bond acceptors (Lipinski definition) is 7. The molecular formula is C22H22N4O3. The van der Waals surface area contributed by atoms with Gasteiger partial charge < -0.3 is 19.6 Å². The molecule has 0 amide bonds. The number of hydrogen-bond donors (Lipinski definition) is 2. The molecule has 7 heteroatoms. The van der Waals surface area contributed by atoms with Gasteiger partial charge in [-0.3, -0.25) is 4.90 Å². The molecule has 3 heterocycles. The number of piperazine rings is 1. The number of fused-ring (bicyclic) bond motifs is 2. The highest BCUT2D eigenvalue weighted by Gasteiger charge is 2.22. The van der Waals surface area contributed by atoms with E-state index in [4.69, 9.17) is 9.15 Å². The summed E-state index contributed by atoms with van der Waals surface area (Å²) in [6, 6.07) is 11.5. The molecule has 0 spiro atoms. The van der Waals surface area contributed by atoms with Crippen LogP contribution in [0.15, 0.2) is 51.0 Å². The van der Waals surface area contributed by atoms with Crippen molar-refractivity contribution < 1.29 is 14.3 Å². The molecule has 0 saturated carbocycles. The molecule has 0 bridgehead atoms. The summed E-state index contributed by atoms with van der Waals surface area (Å²) in [6.45, 7) is 4.54. The number of ether oxygens (including phenoxy) is 1. The van der Waals surface area contributed by atoms with Gasteiger partial charge in [-0.2, -0.15) is 0 Å². The third kappa shape index (κ3) is 3.18. The largest absolute Gasteiger partial charge is 0.504 e. The van der Waals surface area contributed by atoms with Crippen LogP contribution in [0.1, 0.15) is 16.9 Å². The summed E-state index contributed by atoms with van der Waals surface area (Å²) in [6.07, 6.45) is 1.74. The number of methoxy groups -OCH3 is 1. The van der Waals surface area contributed by atoms with Crippen LogP contribution in [-0.2, 0) is 6.54 Å². The number of rotatable bonds is 4. The van der Waals surface area contributed by atoms with Crippen molar-refractivity contribution in [2.75, 3.05) is 33.3 Å². The Morgan fingerprint density at radius 1 is 1.17 bits per heavy atom. The Morgan fingerprint density at radius 3 is 2.83 bits per heavy atom. The maximum absolute atomic E-state index is 10.8. The second kappa shape index (κ2) is 7.35. The molecule has 0 aliphatic carbocycles. The lowest BCUT2D eigenvalue weighted by Gasteiger charge is -2.27. The molecule has 1 aromatic heterocycles. The van der Waals surface area contributed by atoms with E-state index < -0.39 is 0 Å². The van der Waals surface area contributed by atoms with E-state index in [0.717, 1.165) is 48.7 Å². The van der Waals surface area contributed by atoms with E-state index in [0.29, 0.717) is 29.0 Å². The summed E-state index contributed by atoms with van der Waals surface area (Å²) in [7, 11) is 1.66. The quantitative estimate of drug-likeness (QED) is 0.699. The van der Waals surface area contributed by atoms with Crippen molar-refractivity contribution in [3.63, 3.8) is 0 Å². The van der Waals surface area contributed by atoms with Gasteiger partial charge >= 0.3 is 0 Å². The molecule has 1 saturated heterocycles. The monoisotopic (exact) mass is 390 g/mol. The number of nitrogens with one attached hydrogen (secondary N) is 1. The summed E-state index contributed by atoms with van der Waals surface area (Å²) >= 11 is 0. The number of nitrogens with zero attached hydrogens (tertiary/aromatic N) is 3. The van der Waals surface area contributed by atoms with Gasteiger partial charge in [0.1, 0.15) is 11.3 Å². The van der Waals surface area contributed by atoms with Crippen molar-refractivity contribution in [1.82, 2.24) is 10.2 Å². The molecule has 2 aliphatic heterocycles. The minimum atomic E-state index is 0.108. The minimum Gasteiger partial charge on any atom is -0.504 e. The Hall–Kier alpha value is -3.16. The van der Waals surface area contributed by atoms with Crippen LogP contribution < -0.4 is 10.1 Å². The van der Waals surface area contributed by atoms with E-state index in [1.165, 1.54) is 0 Å². The van der Waals surface area contributed by atoms with Gasteiger partial charge in [0.15, 0.2) is 11.5 Å². The Morgan fingerprint density at radius 2 is 2.00 bits per heavy atom. The van der Waals surface area contributed by atoms with E-state index in [1.54, 1.807) is 13.2 Å². The zero-order valence-corrected chi connectivity index (χ0v) is 16.2. The second-order valence-corrected chi connectivity index (χ2v) is 7.21. The summed E-state index contributed by atoms with van der Waals surface area (Å²) < 4.78 is 11.7. The number of azo groups is 1. The summed E-state index contributed by atoms with van der Waals surface area (Å²) in [5.74, 6) is 1.24. The van der Waals surface area contributed by atoms with Gasteiger partial charge in [-0.25, -0.2) is 0 Å². The fourth-order valence-corrected chi connectivity index (χ4v) is 3.91. The predicted octanol–water partition coefficient (Wildman–Crippen LogP) is 4.15. The van der Waals surface area contributed by atoms with Gasteiger partial charge in [-0.1, -0.05) is 18.2 Å². The van der Waals surface area contributed by atoms with Crippen molar-refractivity contribution in [1.29, 1.82) is 0 Å². The lowest BCUT2D eigenvalue weighted by Crippen LogP contribution is -2.42. The highest BCUT2D eigenvalue weighted by Crippen LogP contribution is 2.42. The molecule has 2 N–H and O–H groups in total. The fraction of sp³-hybridized carbons (Fsp3) is 0.273. The van der Waals surface area contributed by atoms with E-state index in [2.05, 4.69) is 20.4 Å². The zero-order chi connectivity index (χ0) is 19.8. The van der Waals surface area contributed by atoms with E-state index in [1.807, 2.05) is 36.4 Å². The molecule has 29 heavy (non-hydrogen) atoms. The molecule has 148 valence electrons. The summed E-state index contributed by atoms with van der Waals surface area (Å²) in [5.41, 5.74) is 4.00. The maximum Gasteiger partial charge on any atom is 0.172 e. The first kappa shape index (κ1) is 17.9. The summed E-state index contributed by atoms with van der Waals surface area (Å²) in [5, 5.41) is 23.3. The smallest absolute Gasteiger partial charge is 0.172 e. The number of benzene rings is 2. The molecule has 0 atom stereocenters. The standard InChI is InChI=1S/C22H22N4O3/c1-28-19-7-6-15-21(27)20(12-18-14-4-2-3-5-17(14)24-25-18)29-22(15)16(19)13-26-10-8-23-9-11-26/h2-7,12,23,27H,8-11,13H2,1H3. The minimum absolute atomic E-state index is 0.108. The average Bonchev–Trinajstić information content (AvgIpc) is 3.31. The second-order valence-electron chi connectivity index (χ2n) is 7.21. The molecular weight excluding hydrogens is 368 g/mol. The van der Waals surface area contributed by atoms with Crippen molar-refractivity contribution in [2.24, 2.45) is 10.2 Å². The van der Waals surface area contributed by atoms with Crippen molar-refractivity contribution in [3.8, 4) is 11.5 Å². The Balaban J connectivity index is 1.58. The lowest BCUT2D eigenvalue weighted by atomic mass is 10.1. The van der Waals surface area contributed by atoms with Gasteiger partial charge in [0.2, 0.25) is 0 Å². The van der Waals surface area contributed by atoms with Gasteiger partial charge in [0.25, 0.3) is 0 Å². The topological polar surface area (TPSA) is 82.6 Å². The fourth-order valence-electron chi connectivity index (χ4n) is 3.91. The van der Waals surface area contributed by atoms with Crippen LogP contribution >= 0.6 is 0 Å². The van der Waals surface area contributed by atoms with Crippen LogP contribution in [0.3, 0.4) is 0 Å². The highest BCUT2D eigenvalue weighted by molar-refractivity contribution is 5.95. The zero-order valence-electron chi connectivity index (χ0n) is 16.2. The van der Waals surface area contributed by atoms with E-state index in [9.17, 15) is 5.11 Å². The van der Waals surface area contributed by atoms with Crippen LogP contribution in [0.2, 0.25) is 0 Å². The first-order valence-corrected chi connectivity index (χ1v) is 9.72. The van der Waals surface area contributed by atoms with Gasteiger partial charge in [-0.15, -0.1) is 10.2 Å². The molecule has 5 rings (SSSR count). The van der Waals surface area contributed by atoms with Crippen molar-refractivity contribution in [3.05, 3.63) is 53.3 Å². The molecule has 1 fully saturated rings. The van der Waals surface area contributed by atoms with Crippen LogP contribution in [-0.4, -0.2) is 43.3 Å². The highest BCUT2D eigenvalue weighted by atomic mass is 16.5. The third-order valence-electron chi connectivity index (χ3n) is 5.44. The third-order valence-corrected chi connectivity index (χ3v) is 5.44. The molecule has 2 aliphatic rings. The first-order valence-electron chi connectivity index (χ1n) is 9.72. The molecule has 0 radical (unpaired) electrons. The van der Waals surface area contributed by atoms with Crippen molar-refractivity contribution in [2.45, 2.75) is 6.54 Å². The SMILES string of the molecule is COc1ccc2c(O)c(C=C3N=Nc4ccccc43)oc2c1CN1CCNCC1. The number of furan rings is 1. The van der Waals surface area contributed by atoms with Crippen LogP contribution in [0.25, 0.3) is 22.7 Å². The summed E-state index contributed by atoms with van der Waals surface area (Å²) in [4.78, 5) is 2.35. The molecule has 2 aromatic carbocycles. The van der Waals surface area contributed by atoms with Gasteiger partial charge in [-0.05, 0) is 18.2 Å². The van der Waals surface area contributed by atoms with E-state index in [-0.39, 0.29) is 5.75 Å². The first-order chi connectivity index (χ1) is 14.2. The molecule has 3 aromatic rings. The van der Waals surface area contributed by atoms with Crippen LogP contribution in [0.5, 0.6) is 11.5 Å². The van der Waals surface area contributed by atoms with E-state index >= 15 is 0 Å². The predicted molar refractivity (Wildman–Crippen MR) is 111 cm³/mol. The maximum atomic E-state index is 10.8. The molecule has 0 unspecified atom stereocenters. The molecule has 7 nitrogen and oxygen atoms in total. The van der Waals surface area contributed by atoms with Crippen molar-refractivity contribution >= 4 is 28.4 Å². The van der Waals surface area contributed by atoms with Crippen LogP contribution in [0.4, 0.5) is 5.69 Å². The van der Waals surface area contributed by atoms with Gasteiger partial charge in [0, 0.05) is 44.4 Å². The van der Waals surface area contributed by atoms with Crippen LogP contribution in [0, 0.1) is 0 Å². The average molecular weight is 390 g/mol. The normalized spacial score (nSPS) is 17.9. The Bertz CT molecular complexity index is 1130. The number of aromatic hydroxyl groups is 1.